The minimum atomic E-state index is -0.488. The van der Waals surface area contributed by atoms with Gasteiger partial charge in [-0.05, 0) is 34.0 Å². The second kappa shape index (κ2) is 9.95. The number of rotatable bonds is 8. The van der Waals surface area contributed by atoms with Crippen LogP contribution in [0.3, 0.4) is 0 Å². The molecule has 1 amide bonds. The first-order valence-corrected chi connectivity index (χ1v) is 8.16. The van der Waals surface area contributed by atoms with Crippen LogP contribution >= 0.6 is 11.8 Å². The van der Waals surface area contributed by atoms with Crippen LogP contribution in [0.15, 0.2) is 4.99 Å². The Bertz CT molecular complexity index is 292. The minimum absolute atomic E-state index is 0.0405. The lowest BCUT2D eigenvalue weighted by Crippen LogP contribution is -2.42. The largest absolute Gasteiger partial charge is 0.357 e. The Morgan fingerprint density at radius 1 is 1.16 bits per heavy atom. The molecule has 0 aromatic heterocycles. The number of nitrogens with one attached hydrogen (secondary N) is 3. The van der Waals surface area contributed by atoms with Crippen molar-refractivity contribution < 1.29 is 4.79 Å². The minimum Gasteiger partial charge on any atom is -0.357 e. The van der Waals surface area contributed by atoms with E-state index in [9.17, 15) is 4.79 Å². The van der Waals surface area contributed by atoms with E-state index < -0.39 is 5.41 Å². The van der Waals surface area contributed by atoms with Crippen LogP contribution < -0.4 is 16.0 Å². The molecule has 5 nitrogen and oxygen atoms in total. The number of guanidine groups is 1. The molecule has 0 saturated heterocycles. The van der Waals surface area contributed by atoms with Gasteiger partial charge in [-0.3, -0.25) is 9.79 Å². The van der Waals surface area contributed by atoms with E-state index in [1.807, 2.05) is 27.7 Å². The lowest BCUT2D eigenvalue weighted by molar-refractivity contribution is -0.128. The average Bonchev–Trinajstić information content (AvgIpc) is 2.36. The van der Waals surface area contributed by atoms with Crippen LogP contribution in [0.5, 0.6) is 0 Å². The van der Waals surface area contributed by atoms with Crippen LogP contribution in [-0.2, 0) is 4.79 Å². The van der Waals surface area contributed by atoms with E-state index in [2.05, 4.69) is 27.2 Å². The maximum absolute atomic E-state index is 11.9. The van der Waals surface area contributed by atoms with Crippen molar-refractivity contribution in [2.75, 3.05) is 38.2 Å². The number of carbonyl (C=O) groups excluding carboxylic acids is 1. The first-order chi connectivity index (χ1) is 8.97. The second-order valence-electron chi connectivity index (χ2n) is 4.86. The van der Waals surface area contributed by atoms with Crippen molar-refractivity contribution in [2.45, 2.75) is 27.7 Å². The van der Waals surface area contributed by atoms with Crippen LogP contribution in [-0.4, -0.2) is 50.1 Å². The molecule has 19 heavy (non-hydrogen) atoms. The maximum atomic E-state index is 11.9. The predicted molar refractivity (Wildman–Crippen MR) is 84.8 cm³/mol. The Kier molecular flexibility index (Phi) is 9.47. The summed E-state index contributed by atoms with van der Waals surface area (Å²) in [7, 11) is 0. The van der Waals surface area contributed by atoms with Gasteiger partial charge < -0.3 is 16.0 Å². The number of hydrogen-bond acceptors (Lipinski definition) is 3. The molecule has 0 atom stereocenters. The van der Waals surface area contributed by atoms with Gasteiger partial charge in [-0.25, -0.2) is 0 Å². The Morgan fingerprint density at radius 3 is 2.32 bits per heavy atom. The monoisotopic (exact) mass is 288 g/mol. The van der Waals surface area contributed by atoms with E-state index in [0.29, 0.717) is 13.1 Å². The lowest BCUT2D eigenvalue weighted by Gasteiger charge is -2.22. The molecule has 0 unspecified atom stereocenters. The molecule has 3 N–H and O–H groups in total. The summed E-state index contributed by atoms with van der Waals surface area (Å²) >= 11 is 1.79. The molecule has 0 rings (SSSR count). The zero-order chi connectivity index (χ0) is 14.7. The molecule has 0 aliphatic heterocycles. The standard InChI is InChI=1S/C13H28N4OS/c1-6-14-11(18)13(3,4)10-17-12(15-7-2)16-8-9-19-5/h6-10H2,1-5H3,(H,14,18)(H2,15,16,17). The van der Waals surface area contributed by atoms with Crippen LogP contribution in [0.25, 0.3) is 0 Å². The summed E-state index contributed by atoms with van der Waals surface area (Å²) < 4.78 is 0. The molecule has 0 aliphatic carbocycles. The van der Waals surface area contributed by atoms with Gasteiger partial charge in [-0.2, -0.15) is 11.8 Å². The molecular weight excluding hydrogens is 260 g/mol. The molecule has 0 bridgehead atoms. The fourth-order valence-corrected chi connectivity index (χ4v) is 1.67. The second-order valence-corrected chi connectivity index (χ2v) is 5.84. The highest BCUT2D eigenvalue weighted by molar-refractivity contribution is 7.98. The molecule has 112 valence electrons. The SMILES string of the molecule is CCNC(=O)C(C)(C)CN=C(NCC)NCCSC. The van der Waals surface area contributed by atoms with Gasteiger partial charge in [0.1, 0.15) is 0 Å². The van der Waals surface area contributed by atoms with Gasteiger partial charge in [0.05, 0.1) is 12.0 Å². The fourth-order valence-electron chi connectivity index (χ4n) is 1.36. The Labute approximate surface area is 121 Å². The van der Waals surface area contributed by atoms with Gasteiger partial charge in [-0.15, -0.1) is 0 Å². The van der Waals surface area contributed by atoms with Gasteiger partial charge in [0.25, 0.3) is 0 Å². The number of carbonyl (C=O) groups is 1. The van der Waals surface area contributed by atoms with Gasteiger partial charge in [0.15, 0.2) is 5.96 Å². The number of hydrogen-bond donors (Lipinski definition) is 3. The van der Waals surface area contributed by atoms with Crippen molar-refractivity contribution in [3.05, 3.63) is 0 Å². The number of thioether (sulfide) groups is 1. The van der Waals surface area contributed by atoms with Crippen molar-refractivity contribution in [3.8, 4) is 0 Å². The number of aliphatic imine (C=N–C) groups is 1. The predicted octanol–water partition coefficient (Wildman–Crippen LogP) is 1.07. The van der Waals surface area contributed by atoms with E-state index in [4.69, 9.17) is 0 Å². The van der Waals surface area contributed by atoms with Crippen molar-refractivity contribution in [2.24, 2.45) is 10.4 Å². The highest BCUT2D eigenvalue weighted by Crippen LogP contribution is 2.15. The highest BCUT2D eigenvalue weighted by Gasteiger charge is 2.26. The molecule has 0 spiro atoms. The summed E-state index contributed by atoms with van der Waals surface area (Å²) in [6.07, 6.45) is 2.07. The quantitative estimate of drug-likeness (QED) is 0.355. The Morgan fingerprint density at radius 2 is 1.79 bits per heavy atom. The van der Waals surface area contributed by atoms with E-state index in [-0.39, 0.29) is 5.91 Å². The third-order valence-electron chi connectivity index (χ3n) is 2.53. The molecule has 0 saturated carbocycles. The average molecular weight is 288 g/mol. The van der Waals surface area contributed by atoms with E-state index >= 15 is 0 Å². The van der Waals surface area contributed by atoms with Gasteiger partial charge in [0.2, 0.25) is 5.91 Å². The van der Waals surface area contributed by atoms with Crippen molar-refractivity contribution in [3.63, 3.8) is 0 Å². The molecule has 0 fully saturated rings. The summed E-state index contributed by atoms with van der Waals surface area (Å²) in [6, 6.07) is 0. The molecule has 0 aromatic rings. The third kappa shape index (κ3) is 7.97. The maximum Gasteiger partial charge on any atom is 0.227 e. The van der Waals surface area contributed by atoms with E-state index in [1.54, 1.807) is 11.8 Å². The van der Waals surface area contributed by atoms with Crippen LogP contribution in [0.4, 0.5) is 0 Å². The van der Waals surface area contributed by atoms with Crippen molar-refractivity contribution >= 4 is 23.6 Å². The zero-order valence-corrected chi connectivity index (χ0v) is 13.6. The molecule has 0 radical (unpaired) electrons. The Hall–Kier alpha value is -0.910. The van der Waals surface area contributed by atoms with Gasteiger partial charge in [-0.1, -0.05) is 0 Å². The first-order valence-electron chi connectivity index (χ1n) is 6.77. The topological polar surface area (TPSA) is 65.5 Å². The van der Waals surface area contributed by atoms with E-state index in [1.165, 1.54) is 0 Å². The summed E-state index contributed by atoms with van der Waals surface area (Å²) in [5.41, 5.74) is -0.488. The summed E-state index contributed by atoms with van der Waals surface area (Å²) in [5.74, 6) is 1.84. The molecular formula is C13H28N4OS. The smallest absolute Gasteiger partial charge is 0.227 e. The molecule has 0 heterocycles. The zero-order valence-electron chi connectivity index (χ0n) is 12.8. The van der Waals surface area contributed by atoms with Gasteiger partial charge in [0, 0.05) is 25.4 Å². The van der Waals surface area contributed by atoms with Crippen LogP contribution in [0.1, 0.15) is 27.7 Å². The number of nitrogens with zero attached hydrogens (tertiary/aromatic N) is 1. The summed E-state index contributed by atoms with van der Waals surface area (Å²) in [5, 5.41) is 9.28. The first kappa shape index (κ1) is 18.1. The van der Waals surface area contributed by atoms with Crippen molar-refractivity contribution in [1.82, 2.24) is 16.0 Å². The fraction of sp³-hybridized carbons (Fsp3) is 0.846. The van der Waals surface area contributed by atoms with Gasteiger partial charge >= 0.3 is 0 Å². The summed E-state index contributed by atoms with van der Waals surface area (Å²) in [4.78, 5) is 16.4. The highest BCUT2D eigenvalue weighted by atomic mass is 32.2. The van der Waals surface area contributed by atoms with E-state index in [0.717, 1.165) is 24.8 Å². The number of amides is 1. The Balaban J connectivity index is 4.44. The molecule has 0 aromatic carbocycles. The van der Waals surface area contributed by atoms with Crippen molar-refractivity contribution in [1.29, 1.82) is 0 Å². The lowest BCUT2D eigenvalue weighted by atomic mass is 9.92. The normalized spacial score (nSPS) is 12.2. The van der Waals surface area contributed by atoms with Crippen LogP contribution in [0.2, 0.25) is 0 Å². The molecule has 6 heteroatoms. The summed E-state index contributed by atoms with van der Waals surface area (Å²) in [6.45, 7) is 10.6. The molecule has 0 aliphatic rings. The van der Waals surface area contributed by atoms with Crippen LogP contribution in [0, 0.1) is 5.41 Å². The third-order valence-corrected chi connectivity index (χ3v) is 3.14.